The van der Waals surface area contributed by atoms with E-state index in [9.17, 15) is 13.2 Å². The predicted molar refractivity (Wildman–Crippen MR) is 80.9 cm³/mol. The van der Waals surface area contributed by atoms with Gasteiger partial charge >= 0.3 is 5.97 Å². The van der Waals surface area contributed by atoms with E-state index in [-0.39, 0.29) is 18.0 Å². The molecule has 0 amide bonds. The third-order valence-corrected chi connectivity index (χ3v) is 5.32. The molecular formula is C14H29NO4S. The summed E-state index contributed by atoms with van der Waals surface area (Å²) in [7, 11) is -1.73. The zero-order valence-corrected chi connectivity index (χ0v) is 14.6. The second-order valence-corrected chi connectivity index (χ2v) is 7.89. The van der Waals surface area contributed by atoms with Crippen LogP contribution in [-0.2, 0) is 19.6 Å². The van der Waals surface area contributed by atoms with Crippen LogP contribution in [-0.4, -0.2) is 43.6 Å². The summed E-state index contributed by atoms with van der Waals surface area (Å²) in [6.07, 6.45) is 2.78. The Morgan fingerprint density at radius 3 is 2.10 bits per heavy atom. The number of hydrogen-bond acceptors (Lipinski definition) is 4. The van der Waals surface area contributed by atoms with E-state index in [1.165, 1.54) is 10.6 Å². The van der Waals surface area contributed by atoms with Gasteiger partial charge in [-0.2, -0.15) is 4.31 Å². The van der Waals surface area contributed by atoms with Crippen LogP contribution in [0.3, 0.4) is 0 Å². The first-order valence-electron chi connectivity index (χ1n) is 7.12. The van der Waals surface area contributed by atoms with Gasteiger partial charge < -0.3 is 4.74 Å². The van der Waals surface area contributed by atoms with Crippen molar-refractivity contribution in [3.63, 3.8) is 0 Å². The lowest BCUT2D eigenvalue weighted by Crippen LogP contribution is -2.48. The largest absolute Gasteiger partial charge is 0.463 e. The van der Waals surface area contributed by atoms with Crippen LogP contribution in [0.5, 0.6) is 0 Å². The highest BCUT2D eigenvalue weighted by atomic mass is 32.2. The van der Waals surface area contributed by atoms with Crippen molar-refractivity contribution in [2.45, 2.75) is 65.5 Å². The third kappa shape index (κ3) is 5.40. The number of sulfonamides is 1. The number of carbonyl (C=O) groups excluding carboxylic acids is 1. The molecule has 0 bridgehead atoms. The van der Waals surface area contributed by atoms with E-state index in [4.69, 9.17) is 4.74 Å². The zero-order valence-electron chi connectivity index (χ0n) is 13.8. The van der Waals surface area contributed by atoms with Gasteiger partial charge in [0.1, 0.15) is 0 Å². The van der Waals surface area contributed by atoms with Crippen LogP contribution in [0.2, 0.25) is 0 Å². The molecule has 0 aromatic heterocycles. The first kappa shape index (κ1) is 19.4. The smallest absolute Gasteiger partial charge is 0.309 e. The fraction of sp³-hybridized carbons (Fsp3) is 0.929. The molecule has 0 heterocycles. The molecule has 120 valence electrons. The van der Waals surface area contributed by atoms with Crippen molar-refractivity contribution < 1.29 is 17.9 Å². The Hall–Kier alpha value is -0.620. The number of hydrogen-bond donors (Lipinski definition) is 0. The molecule has 0 aliphatic rings. The molecule has 0 aromatic rings. The second kappa shape index (κ2) is 7.41. The zero-order chi connectivity index (χ0) is 16.1. The molecule has 0 aromatic carbocycles. The molecule has 0 spiro atoms. The van der Waals surface area contributed by atoms with E-state index in [0.29, 0.717) is 19.3 Å². The van der Waals surface area contributed by atoms with Crippen LogP contribution < -0.4 is 0 Å². The molecular weight excluding hydrogens is 278 g/mol. The van der Waals surface area contributed by atoms with Crippen molar-refractivity contribution in [2.75, 3.05) is 13.3 Å². The average molecular weight is 307 g/mol. The van der Waals surface area contributed by atoms with E-state index in [0.717, 1.165) is 0 Å². The summed E-state index contributed by atoms with van der Waals surface area (Å²) in [5.41, 5.74) is -0.579. The quantitative estimate of drug-likeness (QED) is 0.646. The van der Waals surface area contributed by atoms with Gasteiger partial charge in [-0.3, -0.25) is 4.79 Å². The fourth-order valence-corrected chi connectivity index (χ4v) is 3.15. The van der Waals surface area contributed by atoms with Crippen LogP contribution in [0, 0.1) is 5.92 Å². The Morgan fingerprint density at radius 1 is 1.30 bits per heavy atom. The van der Waals surface area contributed by atoms with Gasteiger partial charge in [0.25, 0.3) is 0 Å². The van der Waals surface area contributed by atoms with Crippen molar-refractivity contribution in [1.82, 2.24) is 4.31 Å². The van der Waals surface area contributed by atoms with Crippen LogP contribution >= 0.6 is 0 Å². The maximum Gasteiger partial charge on any atom is 0.309 e. The molecule has 0 N–H and O–H groups in total. The first-order valence-corrected chi connectivity index (χ1v) is 8.97. The van der Waals surface area contributed by atoms with Gasteiger partial charge in [-0.05, 0) is 40.0 Å². The van der Waals surface area contributed by atoms with Crippen LogP contribution in [0.25, 0.3) is 0 Å². The average Bonchev–Trinajstić information content (AvgIpc) is 2.32. The van der Waals surface area contributed by atoms with Crippen molar-refractivity contribution in [3.05, 3.63) is 0 Å². The molecule has 0 aliphatic carbocycles. The summed E-state index contributed by atoms with van der Waals surface area (Å²) in [6, 6.07) is 0. The van der Waals surface area contributed by atoms with Crippen LogP contribution in [0.4, 0.5) is 0 Å². The Labute approximate surface area is 123 Å². The lowest BCUT2D eigenvalue weighted by Gasteiger charge is -2.38. The Balaban J connectivity index is 5.13. The molecule has 0 saturated heterocycles. The number of nitrogens with zero attached hydrogens (tertiary/aromatic N) is 1. The molecule has 2 atom stereocenters. The molecule has 20 heavy (non-hydrogen) atoms. The minimum absolute atomic E-state index is 0.155. The van der Waals surface area contributed by atoms with Gasteiger partial charge in [-0.1, -0.05) is 13.8 Å². The van der Waals surface area contributed by atoms with Gasteiger partial charge in [0.05, 0.1) is 18.3 Å². The van der Waals surface area contributed by atoms with Crippen LogP contribution in [0.15, 0.2) is 0 Å². The summed E-state index contributed by atoms with van der Waals surface area (Å²) in [5.74, 6) is -0.532. The highest BCUT2D eigenvalue weighted by molar-refractivity contribution is 7.88. The molecule has 6 heteroatoms. The number of ether oxygens (including phenoxy) is 1. The van der Waals surface area contributed by atoms with E-state index in [2.05, 4.69) is 0 Å². The maximum atomic E-state index is 12.1. The molecule has 0 rings (SSSR count). The fourth-order valence-electron chi connectivity index (χ4n) is 2.15. The Morgan fingerprint density at radius 2 is 1.80 bits per heavy atom. The van der Waals surface area contributed by atoms with Gasteiger partial charge in [0.2, 0.25) is 10.0 Å². The summed E-state index contributed by atoms with van der Waals surface area (Å²) in [5, 5.41) is 0. The van der Waals surface area contributed by atoms with Gasteiger partial charge in [-0.25, -0.2) is 8.42 Å². The van der Waals surface area contributed by atoms with Crippen molar-refractivity contribution in [2.24, 2.45) is 5.92 Å². The minimum Gasteiger partial charge on any atom is -0.463 e. The minimum atomic E-state index is -3.29. The van der Waals surface area contributed by atoms with E-state index in [1.54, 1.807) is 7.05 Å². The summed E-state index contributed by atoms with van der Waals surface area (Å²) < 4.78 is 30.1. The van der Waals surface area contributed by atoms with E-state index < -0.39 is 15.6 Å². The second-order valence-electron chi connectivity index (χ2n) is 5.88. The van der Waals surface area contributed by atoms with Gasteiger partial charge in [0.15, 0.2) is 0 Å². The van der Waals surface area contributed by atoms with E-state index in [1.807, 2.05) is 34.6 Å². The summed E-state index contributed by atoms with van der Waals surface area (Å²) in [4.78, 5) is 12.1. The topological polar surface area (TPSA) is 63.7 Å². The maximum absolute atomic E-state index is 12.1. The summed E-state index contributed by atoms with van der Waals surface area (Å²) in [6.45, 7) is 9.35. The molecule has 0 saturated carbocycles. The number of carbonyl (C=O) groups is 1. The molecule has 5 nitrogen and oxygen atoms in total. The van der Waals surface area contributed by atoms with Crippen molar-refractivity contribution >= 4 is 16.0 Å². The van der Waals surface area contributed by atoms with Crippen LogP contribution in [0.1, 0.15) is 53.9 Å². The first-order chi connectivity index (χ1) is 8.97. The highest BCUT2D eigenvalue weighted by Gasteiger charge is 2.37. The highest BCUT2D eigenvalue weighted by Crippen LogP contribution is 2.30. The Kier molecular flexibility index (Phi) is 7.18. The number of esters is 1. The molecule has 2 unspecified atom stereocenters. The summed E-state index contributed by atoms with van der Waals surface area (Å²) >= 11 is 0. The standard InChI is InChI=1S/C14H29NO4S/c1-8-12(13(16)19-11(3)4)10-14(5,9-2)15(6)20(7,17)18/h11-12H,8-10H2,1-7H3. The molecule has 0 fully saturated rings. The van der Waals surface area contributed by atoms with E-state index >= 15 is 0 Å². The Bertz CT molecular complexity index is 419. The lowest BCUT2D eigenvalue weighted by atomic mass is 9.85. The SMILES string of the molecule is CCC(CC(C)(CC)N(C)S(C)(=O)=O)C(=O)OC(C)C. The van der Waals surface area contributed by atoms with Crippen molar-refractivity contribution in [1.29, 1.82) is 0 Å². The van der Waals surface area contributed by atoms with Gasteiger partial charge in [-0.15, -0.1) is 0 Å². The van der Waals surface area contributed by atoms with Crippen molar-refractivity contribution in [3.8, 4) is 0 Å². The normalized spacial score (nSPS) is 17.1. The third-order valence-electron chi connectivity index (χ3n) is 3.88. The number of rotatable bonds is 8. The molecule has 0 radical (unpaired) electrons. The predicted octanol–water partition coefficient (Wildman–Crippen LogP) is 2.41. The van der Waals surface area contributed by atoms with Gasteiger partial charge in [0, 0.05) is 12.6 Å². The molecule has 0 aliphatic heterocycles. The monoisotopic (exact) mass is 307 g/mol. The lowest BCUT2D eigenvalue weighted by molar-refractivity contribution is -0.153.